The van der Waals surface area contributed by atoms with E-state index in [1.807, 2.05) is 30.3 Å². The lowest BCUT2D eigenvalue weighted by atomic mass is 10.2. The number of rotatable bonds is 4. The van der Waals surface area contributed by atoms with Gasteiger partial charge in [0.1, 0.15) is 18.2 Å². The number of aromatic nitrogens is 2. The monoisotopic (exact) mass is 353 g/mol. The van der Waals surface area contributed by atoms with Crippen molar-refractivity contribution in [3.8, 4) is 11.5 Å². The summed E-state index contributed by atoms with van der Waals surface area (Å²) in [5, 5.41) is 12.3. The van der Waals surface area contributed by atoms with Crippen molar-refractivity contribution in [1.82, 2.24) is 10.2 Å². The van der Waals surface area contributed by atoms with Gasteiger partial charge >= 0.3 is 0 Å². The van der Waals surface area contributed by atoms with Gasteiger partial charge in [-0.05, 0) is 23.8 Å². The van der Waals surface area contributed by atoms with Crippen LogP contribution in [0.2, 0.25) is 0 Å². The van der Waals surface area contributed by atoms with Crippen LogP contribution < -0.4 is 14.8 Å². The molecule has 25 heavy (non-hydrogen) atoms. The molecule has 2 heterocycles. The molecule has 0 saturated carbocycles. The van der Waals surface area contributed by atoms with Crippen LogP contribution in [-0.4, -0.2) is 29.3 Å². The summed E-state index contributed by atoms with van der Waals surface area (Å²) in [6.07, 6.45) is 0.693. The SMILES string of the molecule is O=C(Nc1nnc(Cc2ccccc2)s1)c1ccc2c(c1)OCCO2. The normalized spacial score (nSPS) is 12.6. The number of amides is 1. The van der Waals surface area contributed by atoms with E-state index in [1.165, 1.54) is 11.3 Å². The van der Waals surface area contributed by atoms with Crippen molar-refractivity contribution in [1.29, 1.82) is 0 Å². The number of hydrogen-bond donors (Lipinski definition) is 1. The van der Waals surface area contributed by atoms with Gasteiger partial charge in [-0.25, -0.2) is 0 Å². The highest BCUT2D eigenvalue weighted by Gasteiger charge is 2.16. The van der Waals surface area contributed by atoms with E-state index in [0.717, 1.165) is 10.6 Å². The zero-order valence-electron chi connectivity index (χ0n) is 13.3. The van der Waals surface area contributed by atoms with Crippen molar-refractivity contribution < 1.29 is 14.3 Å². The highest BCUT2D eigenvalue weighted by molar-refractivity contribution is 7.15. The maximum Gasteiger partial charge on any atom is 0.257 e. The minimum Gasteiger partial charge on any atom is -0.486 e. The molecule has 1 aromatic heterocycles. The van der Waals surface area contributed by atoms with Crippen molar-refractivity contribution in [3.05, 3.63) is 64.7 Å². The number of carbonyl (C=O) groups is 1. The molecule has 0 unspecified atom stereocenters. The molecular weight excluding hydrogens is 338 g/mol. The topological polar surface area (TPSA) is 73.3 Å². The zero-order chi connectivity index (χ0) is 17.1. The molecule has 0 radical (unpaired) electrons. The molecule has 0 bridgehead atoms. The Morgan fingerprint density at radius 2 is 1.84 bits per heavy atom. The van der Waals surface area contributed by atoms with E-state index in [4.69, 9.17) is 9.47 Å². The summed E-state index contributed by atoms with van der Waals surface area (Å²) in [4.78, 5) is 12.4. The molecule has 7 heteroatoms. The van der Waals surface area contributed by atoms with Gasteiger partial charge in [0.15, 0.2) is 11.5 Å². The summed E-state index contributed by atoms with van der Waals surface area (Å²) < 4.78 is 11.0. The lowest BCUT2D eigenvalue weighted by Crippen LogP contribution is -2.17. The van der Waals surface area contributed by atoms with Crippen molar-refractivity contribution >= 4 is 22.4 Å². The fourth-order valence-corrected chi connectivity index (χ4v) is 3.27. The highest BCUT2D eigenvalue weighted by Crippen LogP contribution is 2.31. The van der Waals surface area contributed by atoms with Gasteiger partial charge in [-0.1, -0.05) is 41.7 Å². The summed E-state index contributed by atoms with van der Waals surface area (Å²) in [5.41, 5.74) is 1.65. The lowest BCUT2D eigenvalue weighted by Gasteiger charge is -2.18. The number of fused-ring (bicyclic) bond motifs is 1. The molecule has 126 valence electrons. The van der Waals surface area contributed by atoms with Gasteiger partial charge in [0.05, 0.1) is 0 Å². The molecular formula is C18H15N3O3S. The van der Waals surface area contributed by atoms with E-state index in [2.05, 4.69) is 15.5 Å². The van der Waals surface area contributed by atoms with Gasteiger partial charge in [-0.3, -0.25) is 10.1 Å². The van der Waals surface area contributed by atoms with Gasteiger partial charge in [0.2, 0.25) is 5.13 Å². The molecule has 0 aliphatic carbocycles. The minimum atomic E-state index is -0.251. The van der Waals surface area contributed by atoms with Crippen LogP contribution in [0, 0.1) is 0 Å². The number of hydrogen-bond acceptors (Lipinski definition) is 6. The Labute approximate surface area is 148 Å². The Balaban J connectivity index is 1.44. The second kappa shape index (κ2) is 6.90. The van der Waals surface area contributed by atoms with Crippen molar-refractivity contribution in [2.45, 2.75) is 6.42 Å². The third-order valence-corrected chi connectivity index (χ3v) is 4.53. The summed E-state index contributed by atoms with van der Waals surface area (Å²) in [5.74, 6) is 0.990. The molecule has 0 saturated heterocycles. The number of anilines is 1. The fraction of sp³-hybridized carbons (Fsp3) is 0.167. The lowest BCUT2D eigenvalue weighted by molar-refractivity contribution is 0.102. The summed E-state index contributed by atoms with van der Waals surface area (Å²) >= 11 is 1.37. The van der Waals surface area contributed by atoms with Crippen LogP contribution in [0.15, 0.2) is 48.5 Å². The highest BCUT2D eigenvalue weighted by atomic mass is 32.1. The number of nitrogens with zero attached hydrogens (tertiary/aromatic N) is 2. The molecule has 1 aliphatic heterocycles. The van der Waals surface area contributed by atoms with Crippen LogP contribution in [0.3, 0.4) is 0 Å². The average molecular weight is 353 g/mol. The zero-order valence-corrected chi connectivity index (χ0v) is 14.1. The Morgan fingerprint density at radius 3 is 2.68 bits per heavy atom. The molecule has 6 nitrogen and oxygen atoms in total. The first-order valence-corrected chi connectivity index (χ1v) is 8.67. The van der Waals surface area contributed by atoms with E-state index in [-0.39, 0.29) is 5.91 Å². The maximum atomic E-state index is 12.4. The van der Waals surface area contributed by atoms with Crippen LogP contribution in [0.4, 0.5) is 5.13 Å². The van der Waals surface area contributed by atoms with Gasteiger partial charge in [-0.15, -0.1) is 10.2 Å². The fourth-order valence-electron chi connectivity index (χ4n) is 2.50. The predicted molar refractivity (Wildman–Crippen MR) is 94.5 cm³/mol. The Morgan fingerprint density at radius 1 is 1.04 bits per heavy atom. The van der Waals surface area contributed by atoms with E-state index in [0.29, 0.717) is 41.8 Å². The molecule has 3 aromatic rings. The van der Waals surface area contributed by atoms with E-state index in [9.17, 15) is 4.79 Å². The van der Waals surface area contributed by atoms with Crippen molar-refractivity contribution in [2.24, 2.45) is 0 Å². The van der Waals surface area contributed by atoms with E-state index in [1.54, 1.807) is 18.2 Å². The Kier molecular flexibility index (Phi) is 4.30. The molecule has 0 spiro atoms. The third-order valence-electron chi connectivity index (χ3n) is 3.69. The molecule has 1 amide bonds. The average Bonchev–Trinajstić information content (AvgIpc) is 3.09. The molecule has 2 aromatic carbocycles. The van der Waals surface area contributed by atoms with Crippen LogP contribution >= 0.6 is 11.3 Å². The largest absolute Gasteiger partial charge is 0.486 e. The summed E-state index contributed by atoms with van der Waals surface area (Å²) in [6.45, 7) is 1.00. The van der Waals surface area contributed by atoms with Crippen LogP contribution in [0.1, 0.15) is 20.9 Å². The molecule has 1 N–H and O–H groups in total. The first-order valence-electron chi connectivity index (χ1n) is 7.85. The first-order chi connectivity index (χ1) is 12.3. The van der Waals surface area contributed by atoms with E-state index >= 15 is 0 Å². The van der Waals surface area contributed by atoms with Gasteiger partial charge in [0, 0.05) is 12.0 Å². The van der Waals surface area contributed by atoms with Gasteiger partial charge in [0.25, 0.3) is 5.91 Å². The predicted octanol–water partition coefficient (Wildman–Crippen LogP) is 3.15. The van der Waals surface area contributed by atoms with E-state index < -0.39 is 0 Å². The molecule has 4 rings (SSSR count). The second-order valence-corrected chi connectivity index (χ2v) is 6.54. The molecule has 1 aliphatic rings. The number of carbonyl (C=O) groups excluding carboxylic acids is 1. The smallest absolute Gasteiger partial charge is 0.257 e. The van der Waals surface area contributed by atoms with Crippen LogP contribution in [0.5, 0.6) is 11.5 Å². The standard InChI is InChI=1S/C18H15N3O3S/c22-17(13-6-7-14-15(11-13)24-9-8-23-14)19-18-21-20-16(25-18)10-12-4-2-1-3-5-12/h1-7,11H,8-10H2,(H,19,21,22). The summed E-state index contributed by atoms with van der Waals surface area (Å²) in [6, 6.07) is 15.1. The molecule has 0 atom stereocenters. The number of benzene rings is 2. The number of nitrogens with one attached hydrogen (secondary N) is 1. The second-order valence-electron chi connectivity index (χ2n) is 5.48. The quantitative estimate of drug-likeness (QED) is 0.780. The van der Waals surface area contributed by atoms with Crippen molar-refractivity contribution in [3.63, 3.8) is 0 Å². The maximum absolute atomic E-state index is 12.4. The number of ether oxygens (including phenoxy) is 2. The van der Waals surface area contributed by atoms with Gasteiger partial charge < -0.3 is 9.47 Å². The van der Waals surface area contributed by atoms with Crippen LogP contribution in [0.25, 0.3) is 0 Å². The van der Waals surface area contributed by atoms with Crippen LogP contribution in [-0.2, 0) is 6.42 Å². The Hall–Kier alpha value is -2.93. The van der Waals surface area contributed by atoms with Crippen molar-refractivity contribution in [2.75, 3.05) is 18.5 Å². The third kappa shape index (κ3) is 3.61. The Bertz CT molecular complexity index is 896. The summed E-state index contributed by atoms with van der Waals surface area (Å²) in [7, 11) is 0. The van der Waals surface area contributed by atoms with Gasteiger partial charge in [-0.2, -0.15) is 0 Å². The minimum absolute atomic E-state index is 0.251. The first kappa shape index (κ1) is 15.6. The molecule has 0 fully saturated rings.